The second-order valence-corrected chi connectivity index (χ2v) is 6.68. The maximum Gasteiger partial charge on any atom is 0.291 e. The average molecular weight is 368 g/mol. The van der Waals surface area contributed by atoms with Crippen molar-refractivity contribution in [1.29, 1.82) is 0 Å². The average Bonchev–Trinajstić information content (AvgIpc) is 3.40. The SMILES string of the molecule is CC(NC(=O)c1nc(C2CC2)n(-c2ccccc2)n1)c1ccc(F)cc1F. The zero-order valence-corrected chi connectivity index (χ0v) is 14.7. The minimum absolute atomic E-state index is 0.0372. The van der Waals surface area contributed by atoms with Gasteiger partial charge in [0.15, 0.2) is 0 Å². The molecular weight excluding hydrogens is 350 g/mol. The van der Waals surface area contributed by atoms with Gasteiger partial charge in [0, 0.05) is 17.5 Å². The van der Waals surface area contributed by atoms with E-state index in [-0.39, 0.29) is 11.4 Å². The van der Waals surface area contributed by atoms with Crippen LogP contribution in [0.3, 0.4) is 0 Å². The number of aromatic nitrogens is 3. The number of amides is 1. The molecule has 3 aromatic rings. The summed E-state index contributed by atoms with van der Waals surface area (Å²) in [6.07, 6.45) is 2.04. The summed E-state index contributed by atoms with van der Waals surface area (Å²) < 4.78 is 28.7. The minimum Gasteiger partial charge on any atom is -0.343 e. The molecule has 7 heteroatoms. The monoisotopic (exact) mass is 368 g/mol. The molecule has 1 saturated carbocycles. The highest BCUT2D eigenvalue weighted by atomic mass is 19.1. The van der Waals surface area contributed by atoms with Crippen molar-refractivity contribution in [1.82, 2.24) is 20.1 Å². The van der Waals surface area contributed by atoms with E-state index in [1.165, 1.54) is 6.07 Å². The van der Waals surface area contributed by atoms with Gasteiger partial charge in [-0.2, -0.15) is 0 Å². The number of para-hydroxylation sites is 1. The van der Waals surface area contributed by atoms with Crippen molar-refractivity contribution in [3.8, 4) is 5.69 Å². The van der Waals surface area contributed by atoms with E-state index < -0.39 is 23.6 Å². The van der Waals surface area contributed by atoms with E-state index in [2.05, 4.69) is 15.4 Å². The molecule has 0 saturated heterocycles. The topological polar surface area (TPSA) is 59.8 Å². The third kappa shape index (κ3) is 3.58. The first-order chi connectivity index (χ1) is 13.0. The number of halogens is 2. The maximum atomic E-state index is 13.9. The quantitative estimate of drug-likeness (QED) is 0.743. The molecular formula is C20H18F2N4O. The Kier molecular flexibility index (Phi) is 4.43. The molecule has 4 rings (SSSR count). The Labute approximate surface area is 155 Å². The van der Waals surface area contributed by atoms with Crippen LogP contribution in [0, 0.1) is 11.6 Å². The van der Waals surface area contributed by atoms with Crippen LogP contribution < -0.4 is 5.32 Å². The van der Waals surface area contributed by atoms with E-state index in [9.17, 15) is 13.6 Å². The fraction of sp³-hybridized carbons (Fsp3) is 0.250. The van der Waals surface area contributed by atoms with Crippen molar-refractivity contribution >= 4 is 5.91 Å². The predicted octanol–water partition coefficient (Wildman–Crippen LogP) is 3.91. The Hall–Kier alpha value is -3.09. The fourth-order valence-electron chi connectivity index (χ4n) is 2.98. The molecule has 1 aliphatic rings. The number of benzene rings is 2. The molecule has 1 heterocycles. The molecule has 0 bridgehead atoms. The molecule has 1 amide bonds. The van der Waals surface area contributed by atoms with Crippen molar-refractivity contribution in [2.75, 3.05) is 0 Å². The van der Waals surface area contributed by atoms with Crippen molar-refractivity contribution in [2.45, 2.75) is 31.7 Å². The number of hydrogen-bond donors (Lipinski definition) is 1. The summed E-state index contributed by atoms with van der Waals surface area (Å²) in [6.45, 7) is 1.63. The molecule has 0 radical (unpaired) electrons. The third-order valence-electron chi connectivity index (χ3n) is 4.56. The second-order valence-electron chi connectivity index (χ2n) is 6.68. The molecule has 1 unspecified atom stereocenters. The summed E-state index contributed by atoms with van der Waals surface area (Å²) in [7, 11) is 0. The van der Waals surface area contributed by atoms with Crippen LogP contribution in [0.5, 0.6) is 0 Å². The molecule has 2 aromatic carbocycles. The van der Waals surface area contributed by atoms with Gasteiger partial charge in [-0.1, -0.05) is 24.3 Å². The van der Waals surface area contributed by atoms with Gasteiger partial charge in [-0.05, 0) is 38.0 Å². The van der Waals surface area contributed by atoms with Gasteiger partial charge in [-0.3, -0.25) is 4.79 Å². The van der Waals surface area contributed by atoms with Crippen LogP contribution in [0.4, 0.5) is 8.78 Å². The number of nitrogens with zero attached hydrogens (tertiary/aromatic N) is 3. The van der Waals surface area contributed by atoms with Crippen molar-refractivity contribution in [3.63, 3.8) is 0 Å². The first-order valence-corrected chi connectivity index (χ1v) is 8.81. The lowest BCUT2D eigenvalue weighted by Gasteiger charge is -2.13. The lowest BCUT2D eigenvalue weighted by Crippen LogP contribution is -2.28. The summed E-state index contributed by atoms with van der Waals surface area (Å²) in [5.74, 6) is -0.771. The summed E-state index contributed by atoms with van der Waals surface area (Å²) >= 11 is 0. The Bertz CT molecular complexity index is 983. The molecule has 0 spiro atoms. The predicted molar refractivity (Wildman–Crippen MR) is 95.6 cm³/mol. The summed E-state index contributed by atoms with van der Waals surface area (Å²) in [6, 6.07) is 12.1. The highest BCUT2D eigenvalue weighted by Gasteiger charge is 2.31. The van der Waals surface area contributed by atoms with Gasteiger partial charge >= 0.3 is 0 Å². The maximum absolute atomic E-state index is 13.9. The van der Waals surface area contributed by atoms with E-state index in [1.807, 2.05) is 30.3 Å². The van der Waals surface area contributed by atoms with Crippen LogP contribution in [-0.2, 0) is 0 Å². The Balaban J connectivity index is 1.59. The van der Waals surface area contributed by atoms with Gasteiger partial charge in [0.25, 0.3) is 5.91 Å². The Morgan fingerprint density at radius 3 is 2.59 bits per heavy atom. The van der Waals surface area contributed by atoms with Crippen LogP contribution in [0.2, 0.25) is 0 Å². The van der Waals surface area contributed by atoms with Crippen molar-refractivity contribution < 1.29 is 13.6 Å². The van der Waals surface area contributed by atoms with Crippen LogP contribution in [-0.4, -0.2) is 20.7 Å². The lowest BCUT2D eigenvalue weighted by molar-refractivity contribution is 0.0929. The van der Waals surface area contributed by atoms with E-state index in [0.717, 1.165) is 36.5 Å². The second kappa shape index (κ2) is 6.90. The summed E-state index contributed by atoms with van der Waals surface area (Å²) in [5, 5.41) is 7.05. The zero-order chi connectivity index (χ0) is 19.0. The molecule has 138 valence electrons. The molecule has 0 aliphatic heterocycles. The molecule has 1 N–H and O–H groups in total. The van der Waals surface area contributed by atoms with Crippen molar-refractivity contribution in [3.05, 3.63) is 77.4 Å². The first kappa shape index (κ1) is 17.3. The highest BCUT2D eigenvalue weighted by Crippen LogP contribution is 2.39. The number of carbonyl (C=O) groups excluding carboxylic acids is 1. The minimum atomic E-state index is -0.704. The summed E-state index contributed by atoms with van der Waals surface area (Å²) in [4.78, 5) is 17.0. The van der Waals surface area contributed by atoms with Crippen LogP contribution in [0.15, 0.2) is 48.5 Å². The normalized spacial score (nSPS) is 14.8. The number of rotatable bonds is 5. The van der Waals surface area contributed by atoms with Crippen LogP contribution >= 0.6 is 0 Å². The van der Waals surface area contributed by atoms with Crippen LogP contribution in [0.25, 0.3) is 5.69 Å². The molecule has 1 atom stereocenters. The lowest BCUT2D eigenvalue weighted by atomic mass is 10.1. The molecule has 1 aliphatic carbocycles. The molecule has 1 fully saturated rings. The number of hydrogen-bond acceptors (Lipinski definition) is 3. The molecule has 1 aromatic heterocycles. The van der Waals surface area contributed by atoms with E-state index in [4.69, 9.17) is 0 Å². The third-order valence-corrected chi connectivity index (χ3v) is 4.56. The largest absolute Gasteiger partial charge is 0.343 e. The van der Waals surface area contributed by atoms with E-state index in [0.29, 0.717) is 5.92 Å². The summed E-state index contributed by atoms with van der Waals surface area (Å²) in [5.41, 5.74) is 1.04. The number of nitrogens with one attached hydrogen (secondary N) is 1. The van der Waals surface area contributed by atoms with Gasteiger partial charge in [-0.25, -0.2) is 18.4 Å². The van der Waals surface area contributed by atoms with Gasteiger partial charge in [0.05, 0.1) is 11.7 Å². The van der Waals surface area contributed by atoms with Gasteiger partial charge in [0.2, 0.25) is 5.82 Å². The van der Waals surface area contributed by atoms with Crippen molar-refractivity contribution in [2.24, 2.45) is 0 Å². The molecule has 5 nitrogen and oxygen atoms in total. The highest BCUT2D eigenvalue weighted by molar-refractivity contribution is 5.90. The smallest absolute Gasteiger partial charge is 0.291 e. The van der Waals surface area contributed by atoms with E-state index in [1.54, 1.807) is 11.6 Å². The van der Waals surface area contributed by atoms with E-state index >= 15 is 0 Å². The standard InChI is InChI=1S/C20H18F2N4O/c1-12(16-10-9-14(21)11-17(16)22)23-20(27)18-24-19(13-7-8-13)26(25-18)15-5-3-2-4-6-15/h2-6,9-13H,7-8H2,1H3,(H,23,27). The Morgan fingerprint density at radius 1 is 1.19 bits per heavy atom. The number of carbonyl (C=O) groups is 1. The first-order valence-electron chi connectivity index (χ1n) is 8.81. The zero-order valence-electron chi connectivity index (χ0n) is 14.7. The van der Waals surface area contributed by atoms with Crippen LogP contribution in [0.1, 0.15) is 53.7 Å². The fourth-order valence-corrected chi connectivity index (χ4v) is 2.98. The van der Waals surface area contributed by atoms with Gasteiger partial charge < -0.3 is 5.32 Å². The van der Waals surface area contributed by atoms with Gasteiger partial charge in [-0.15, -0.1) is 5.10 Å². The molecule has 27 heavy (non-hydrogen) atoms. The Morgan fingerprint density at radius 2 is 1.93 bits per heavy atom. The van der Waals surface area contributed by atoms with Gasteiger partial charge in [0.1, 0.15) is 17.5 Å².